The summed E-state index contributed by atoms with van der Waals surface area (Å²) in [5, 5.41) is 0. The van der Waals surface area contributed by atoms with E-state index in [1.54, 1.807) is 24.3 Å². The molecule has 9 heteroatoms. The Labute approximate surface area is 185 Å². The number of ether oxygens (including phenoxy) is 5. The maximum absolute atomic E-state index is 12.1. The summed E-state index contributed by atoms with van der Waals surface area (Å²) in [5.74, 6) is 0.328. The third kappa shape index (κ3) is 5.12. The zero-order valence-electron chi connectivity index (χ0n) is 18.2. The summed E-state index contributed by atoms with van der Waals surface area (Å²) >= 11 is 0. The second-order valence-electron chi connectivity index (χ2n) is 7.37. The van der Waals surface area contributed by atoms with Crippen molar-refractivity contribution in [3.05, 3.63) is 58.7 Å². The molecule has 0 amide bonds. The average Bonchev–Trinajstić information content (AvgIpc) is 3.59. The number of hydrogen-bond acceptors (Lipinski definition) is 9. The maximum Gasteiger partial charge on any atom is 0.341 e. The number of methoxy groups -OCH3 is 1. The second kappa shape index (κ2) is 9.19. The number of epoxide rings is 1. The van der Waals surface area contributed by atoms with E-state index in [0.717, 1.165) is 16.7 Å². The van der Waals surface area contributed by atoms with E-state index in [2.05, 4.69) is 15.0 Å². The first-order valence-electron chi connectivity index (χ1n) is 10.0. The van der Waals surface area contributed by atoms with Gasteiger partial charge in [0.2, 0.25) is 0 Å². The summed E-state index contributed by atoms with van der Waals surface area (Å²) in [5.41, 5.74) is 3.24. The first kappa shape index (κ1) is 21.5. The molecule has 1 atom stereocenters. The Balaban J connectivity index is 1.66. The smallest absolute Gasteiger partial charge is 0.341 e. The van der Waals surface area contributed by atoms with Crippen LogP contribution in [0.15, 0.2) is 36.4 Å². The molecule has 1 fully saturated rings. The zero-order valence-corrected chi connectivity index (χ0v) is 18.2. The number of carbonyl (C=O) groups is 1. The highest BCUT2D eigenvalue weighted by Crippen LogP contribution is 2.31. The molecule has 1 aliphatic rings. The maximum atomic E-state index is 12.1. The summed E-state index contributed by atoms with van der Waals surface area (Å²) in [4.78, 5) is 24.8. The van der Waals surface area contributed by atoms with Crippen molar-refractivity contribution < 1.29 is 28.5 Å². The number of carbonyl (C=O) groups excluding carboxylic acids is 1. The predicted molar refractivity (Wildman–Crippen MR) is 114 cm³/mol. The van der Waals surface area contributed by atoms with Crippen LogP contribution in [0.3, 0.4) is 0 Å². The summed E-state index contributed by atoms with van der Waals surface area (Å²) in [6.07, 6.45) is 0.0159. The Morgan fingerprint density at radius 2 is 1.62 bits per heavy atom. The lowest BCUT2D eigenvalue weighted by atomic mass is 10.1. The molecule has 2 aromatic carbocycles. The Kier molecular flexibility index (Phi) is 6.18. The van der Waals surface area contributed by atoms with Gasteiger partial charge in [0.25, 0.3) is 0 Å². The minimum Gasteiger partial charge on any atom is -0.465 e. The van der Waals surface area contributed by atoms with Crippen molar-refractivity contribution in [1.29, 1.82) is 0 Å². The largest absolute Gasteiger partial charge is 0.465 e. The molecular formula is C23H23N3O6. The molecule has 0 N–H and O–H groups in total. The predicted octanol–water partition coefficient (Wildman–Crippen LogP) is 3.95. The lowest BCUT2D eigenvalue weighted by Gasteiger charge is -2.13. The van der Waals surface area contributed by atoms with Crippen molar-refractivity contribution in [2.24, 2.45) is 0 Å². The van der Waals surface area contributed by atoms with Crippen LogP contribution in [0.2, 0.25) is 0 Å². The highest BCUT2D eigenvalue weighted by atomic mass is 16.6. The minimum atomic E-state index is -0.542. The Hall–Kier alpha value is -3.72. The number of benzene rings is 2. The van der Waals surface area contributed by atoms with Gasteiger partial charge in [-0.25, -0.2) is 4.79 Å². The first-order chi connectivity index (χ1) is 15.4. The van der Waals surface area contributed by atoms with Gasteiger partial charge in [0.1, 0.15) is 29.8 Å². The molecule has 1 saturated heterocycles. The molecule has 0 spiro atoms. The molecule has 1 aromatic heterocycles. The highest BCUT2D eigenvalue weighted by Gasteiger charge is 2.24. The summed E-state index contributed by atoms with van der Waals surface area (Å²) < 4.78 is 27.4. The first-order valence-corrected chi connectivity index (χ1v) is 10.0. The molecule has 32 heavy (non-hydrogen) atoms. The van der Waals surface area contributed by atoms with Gasteiger partial charge in [-0.2, -0.15) is 0 Å². The van der Waals surface area contributed by atoms with Gasteiger partial charge in [-0.05, 0) is 44.0 Å². The van der Waals surface area contributed by atoms with E-state index in [0.29, 0.717) is 19.0 Å². The zero-order chi connectivity index (χ0) is 22.7. The van der Waals surface area contributed by atoms with Crippen LogP contribution in [-0.2, 0) is 9.47 Å². The van der Waals surface area contributed by atoms with E-state index in [-0.39, 0.29) is 35.4 Å². The number of para-hydroxylation sites is 1. The Morgan fingerprint density at radius 3 is 2.28 bits per heavy atom. The standard InChI is InChI=1S/C23H23N3O6/c1-13-9-14(2)19(15(3)10-13)32-23-25-21(30-12-16-11-29-16)24-22(26-23)31-18-8-6-5-7-17(18)20(27)28-4/h5-10,16H,11-12H2,1-4H3. The van der Waals surface area contributed by atoms with Crippen LogP contribution in [0.4, 0.5) is 0 Å². The van der Waals surface area contributed by atoms with Gasteiger partial charge in [0, 0.05) is 0 Å². The number of nitrogens with zero attached hydrogens (tertiary/aromatic N) is 3. The van der Waals surface area contributed by atoms with Gasteiger partial charge in [-0.15, -0.1) is 15.0 Å². The number of aromatic nitrogens is 3. The fraction of sp³-hybridized carbons (Fsp3) is 0.304. The number of aryl methyl sites for hydroxylation is 3. The summed E-state index contributed by atoms with van der Waals surface area (Å²) in [7, 11) is 1.30. The molecule has 3 aromatic rings. The molecule has 2 heterocycles. The van der Waals surface area contributed by atoms with Crippen molar-refractivity contribution in [1.82, 2.24) is 15.0 Å². The molecule has 166 valence electrons. The molecule has 0 radical (unpaired) electrons. The van der Waals surface area contributed by atoms with Crippen LogP contribution in [0.5, 0.6) is 29.5 Å². The van der Waals surface area contributed by atoms with Gasteiger partial charge in [0.05, 0.1) is 13.7 Å². The van der Waals surface area contributed by atoms with E-state index in [1.807, 2.05) is 32.9 Å². The topological polar surface area (TPSA) is 105 Å². The highest BCUT2D eigenvalue weighted by molar-refractivity contribution is 5.92. The number of hydrogen-bond donors (Lipinski definition) is 0. The Morgan fingerprint density at radius 1 is 1.00 bits per heavy atom. The van der Waals surface area contributed by atoms with Gasteiger partial charge < -0.3 is 23.7 Å². The third-order valence-electron chi connectivity index (χ3n) is 4.67. The summed E-state index contributed by atoms with van der Waals surface area (Å²) in [6.45, 7) is 6.84. The molecule has 1 aliphatic heterocycles. The molecule has 0 saturated carbocycles. The lowest BCUT2D eigenvalue weighted by Crippen LogP contribution is -2.10. The summed E-state index contributed by atoms with van der Waals surface area (Å²) in [6, 6.07) is 10.6. The van der Waals surface area contributed by atoms with Gasteiger partial charge in [-0.1, -0.05) is 29.8 Å². The molecule has 0 aliphatic carbocycles. The number of esters is 1. The van der Waals surface area contributed by atoms with Gasteiger partial charge >= 0.3 is 24.0 Å². The van der Waals surface area contributed by atoms with Crippen LogP contribution >= 0.6 is 0 Å². The average molecular weight is 437 g/mol. The molecular weight excluding hydrogens is 414 g/mol. The van der Waals surface area contributed by atoms with Crippen molar-refractivity contribution in [2.75, 3.05) is 20.3 Å². The van der Waals surface area contributed by atoms with Gasteiger partial charge in [0.15, 0.2) is 0 Å². The van der Waals surface area contributed by atoms with E-state index in [1.165, 1.54) is 7.11 Å². The van der Waals surface area contributed by atoms with E-state index < -0.39 is 5.97 Å². The normalized spacial score (nSPS) is 14.6. The van der Waals surface area contributed by atoms with E-state index in [9.17, 15) is 4.79 Å². The van der Waals surface area contributed by atoms with Crippen molar-refractivity contribution >= 4 is 5.97 Å². The van der Waals surface area contributed by atoms with Crippen molar-refractivity contribution in [3.63, 3.8) is 0 Å². The Bertz CT molecular complexity index is 1120. The second-order valence-corrected chi connectivity index (χ2v) is 7.37. The van der Waals surface area contributed by atoms with E-state index in [4.69, 9.17) is 23.7 Å². The van der Waals surface area contributed by atoms with Crippen LogP contribution in [-0.4, -0.2) is 47.3 Å². The molecule has 0 bridgehead atoms. The molecule has 9 nitrogen and oxygen atoms in total. The number of rotatable bonds is 8. The van der Waals surface area contributed by atoms with Crippen LogP contribution in [0.25, 0.3) is 0 Å². The van der Waals surface area contributed by atoms with Crippen LogP contribution in [0.1, 0.15) is 27.0 Å². The fourth-order valence-electron chi connectivity index (χ4n) is 3.16. The molecule has 4 rings (SSSR count). The molecule has 1 unspecified atom stereocenters. The monoisotopic (exact) mass is 437 g/mol. The van der Waals surface area contributed by atoms with Crippen molar-refractivity contribution in [3.8, 4) is 29.5 Å². The third-order valence-corrected chi connectivity index (χ3v) is 4.67. The fourth-order valence-corrected chi connectivity index (χ4v) is 3.16. The van der Waals surface area contributed by atoms with E-state index >= 15 is 0 Å². The SMILES string of the molecule is COC(=O)c1ccccc1Oc1nc(OCC2CO2)nc(Oc2c(C)cc(C)cc2C)n1. The quantitative estimate of drug-likeness (QED) is 0.382. The van der Waals surface area contributed by atoms with Gasteiger partial charge in [-0.3, -0.25) is 0 Å². The lowest BCUT2D eigenvalue weighted by molar-refractivity contribution is 0.0597. The minimum absolute atomic E-state index is 0.00678. The van der Waals surface area contributed by atoms with Crippen LogP contribution in [0, 0.1) is 20.8 Å². The van der Waals surface area contributed by atoms with Crippen molar-refractivity contribution in [2.45, 2.75) is 26.9 Å². The van der Waals surface area contributed by atoms with Crippen LogP contribution < -0.4 is 14.2 Å².